The van der Waals surface area contributed by atoms with E-state index in [1.807, 2.05) is 0 Å². The van der Waals surface area contributed by atoms with Crippen molar-refractivity contribution in [1.29, 1.82) is 0 Å². The van der Waals surface area contributed by atoms with Gasteiger partial charge in [-0.1, -0.05) is 0 Å². The first-order valence-corrected chi connectivity index (χ1v) is 7.48. The van der Waals surface area contributed by atoms with Gasteiger partial charge >= 0.3 is 0 Å². The Hall–Kier alpha value is -2.01. The molecule has 2 heterocycles. The maximum Gasteiger partial charge on any atom is 0.198 e. The highest BCUT2D eigenvalue weighted by molar-refractivity contribution is 5.94. The van der Waals surface area contributed by atoms with Crippen LogP contribution in [0.5, 0.6) is 0 Å². The minimum Gasteiger partial charge on any atom is -0.453 e. The molecule has 0 spiro atoms. The van der Waals surface area contributed by atoms with Crippen molar-refractivity contribution < 1.29 is 18.3 Å². The van der Waals surface area contributed by atoms with Gasteiger partial charge in [0.1, 0.15) is 11.4 Å². The van der Waals surface area contributed by atoms with Crippen LogP contribution in [0.1, 0.15) is 36.2 Å². The van der Waals surface area contributed by atoms with E-state index in [9.17, 15) is 14.0 Å². The number of halogens is 1. The fourth-order valence-corrected chi connectivity index (χ4v) is 2.76. The Labute approximate surface area is 126 Å². The summed E-state index contributed by atoms with van der Waals surface area (Å²) in [6.45, 7) is 1.48. The number of carbonyl (C=O) groups is 1. The van der Waals surface area contributed by atoms with Crippen LogP contribution >= 0.6 is 0 Å². The van der Waals surface area contributed by atoms with Crippen molar-refractivity contribution >= 4 is 16.8 Å². The number of benzene rings is 1. The Morgan fingerprint density at radius 1 is 1.32 bits per heavy atom. The van der Waals surface area contributed by atoms with Gasteiger partial charge in [0.2, 0.25) is 0 Å². The lowest BCUT2D eigenvalue weighted by atomic mass is 9.95. The van der Waals surface area contributed by atoms with Gasteiger partial charge in [-0.05, 0) is 43.4 Å². The van der Waals surface area contributed by atoms with Crippen LogP contribution in [-0.2, 0) is 4.74 Å². The van der Waals surface area contributed by atoms with Gasteiger partial charge < -0.3 is 9.15 Å². The first kappa shape index (κ1) is 14.9. The Morgan fingerprint density at radius 2 is 2.18 bits per heavy atom. The van der Waals surface area contributed by atoms with Gasteiger partial charge in [-0.25, -0.2) is 4.39 Å². The Balaban J connectivity index is 1.76. The molecule has 116 valence electrons. The zero-order valence-corrected chi connectivity index (χ0v) is 12.1. The molecule has 0 aliphatic carbocycles. The molecule has 0 N–H and O–H groups in total. The lowest BCUT2D eigenvalue weighted by Gasteiger charge is -2.21. The summed E-state index contributed by atoms with van der Waals surface area (Å²) in [5.41, 5.74) is -0.164. The van der Waals surface area contributed by atoms with Crippen molar-refractivity contribution in [3.63, 3.8) is 0 Å². The first-order valence-electron chi connectivity index (χ1n) is 7.48. The second kappa shape index (κ2) is 6.40. The highest BCUT2D eigenvalue weighted by Crippen LogP contribution is 2.21. The monoisotopic (exact) mass is 304 g/mol. The van der Waals surface area contributed by atoms with E-state index in [0.29, 0.717) is 18.9 Å². The summed E-state index contributed by atoms with van der Waals surface area (Å²) in [6.07, 6.45) is 3.14. The molecule has 5 heteroatoms. The Bertz CT molecular complexity index is 744. The molecule has 0 saturated carbocycles. The highest BCUT2D eigenvalue weighted by atomic mass is 19.1. The molecule has 1 fully saturated rings. The molecule has 4 nitrogen and oxygen atoms in total. The van der Waals surface area contributed by atoms with Crippen molar-refractivity contribution in [3.05, 3.63) is 46.1 Å². The average Bonchev–Trinajstić information content (AvgIpc) is 2.54. The van der Waals surface area contributed by atoms with Crippen LogP contribution in [0, 0.1) is 11.7 Å². The van der Waals surface area contributed by atoms with E-state index in [-0.39, 0.29) is 22.5 Å². The minimum atomic E-state index is -0.504. The quantitative estimate of drug-likeness (QED) is 0.813. The van der Waals surface area contributed by atoms with E-state index in [1.165, 1.54) is 12.1 Å². The topological polar surface area (TPSA) is 56.5 Å². The van der Waals surface area contributed by atoms with Crippen LogP contribution in [-0.4, -0.2) is 19.0 Å². The lowest BCUT2D eigenvalue weighted by Crippen LogP contribution is -2.18. The molecular weight excluding hydrogens is 287 g/mol. The number of ether oxygens (including phenoxy) is 1. The minimum absolute atomic E-state index is 0.0424. The van der Waals surface area contributed by atoms with E-state index >= 15 is 0 Å². The predicted octanol–water partition coefficient (Wildman–Crippen LogP) is 3.32. The van der Waals surface area contributed by atoms with Gasteiger partial charge in [-0.2, -0.15) is 0 Å². The largest absolute Gasteiger partial charge is 0.453 e. The normalized spacial score (nSPS) is 18.5. The van der Waals surface area contributed by atoms with E-state index in [4.69, 9.17) is 9.15 Å². The molecule has 0 bridgehead atoms. The van der Waals surface area contributed by atoms with Crippen LogP contribution in [0.2, 0.25) is 0 Å². The lowest BCUT2D eigenvalue weighted by molar-refractivity contribution is 0.0500. The molecule has 1 aliphatic rings. The maximum absolute atomic E-state index is 13.1. The van der Waals surface area contributed by atoms with Crippen molar-refractivity contribution in [2.45, 2.75) is 25.7 Å². The van der Waals surface area contributed by atoms with Gasteiger partial charge in [0.25, 0.3) is 0 Å². The van der Waals surface area contributed by atoms with E-state index in [0.717, 1.165) is 38.0 Å². The summed E-state index contributed by atoms with van der Waals surface area (Å²) in [6, 6.07) is 4.85. The maximum atomic E-state index is 13.1. The second-order valence-corrected chi connectivity index (χ2v) is 5.66. The highest BCUT2D eigenvalue weighted by Gasteiger charge is 2.18. The van der Waals surface area contributed by atoms with Crippen LogP contribution in [0.3, 0.4) is 0 Å². The van der Waals surface area contributed by atoms with Gasteiger partial charge in [-0.3, -0.25) is 9.59 Å². The van der Waals surface area contributed by atoms with Crippen molar-refractivity contribution in [2.24, 2.45) is 5.92 Å². The zero-order chi connectivity index (χ0) is 15.5. The molecule has 1 aliphatic heterocycles. The molecule has 1 saturated heterocycles. The fourth-order valence-electron chi connectivity index (χ4n) is 2.76. The van der Waals surface area contributed by atoms with E-state index in [2.05, 4.69) is 0 Å². The molecular formula is C17H17FO4. The van der Waals surface area contributed by atoms with Crippen molar-refractivity contribution in [1.82, 2.24) is 0 Å². The summed E-state index contributed by atoms with van der Waals surface area (Å²) in [7, 11) is 0. The molecule has 2 aromatic rings. The first-order chi connectivity index (χ1) is 10.6. The zero-order valence-electron chi connectivity index (χ0n) is 12.1. The second-order valence-electron chi connectivity index (χ2n) is 5.66. The number of fused-ring (bicyclic) bond motifs is 1. The predicted molar refractivity (Wildman–Crippen MR) is 79.5 cm³/mol. The fraction of sp³-hybridized carbons (Fsp3) is 0.412. The van der Waals surface area contributed by atoms with Crippen LogP contribution in [0.15, 0.2) is 33.5 Å². The van der Waals surface area contributed by atoms with Crippen LogP contribution in [0.4, 0.5) is 4.39 Å². The Kier molecular flexibility index (Phi) is 4.34. The van der Waals surface area contributed by atoms with E-state index in [1.54, 1.807) is 0 Å². The molecule has 1 aromatic heterocycles. The third kappa shape index (κ3) is 3.25. The standard InChI is InChI=1S/C17H17FO4/c18-12-4-6-16-13(8-12)15(20)9-17(22-16)14(19)5-3-11-2-1-7-21-10-11/h4,6,8-9,11H,1-3,5,7,10H2. The number of carbonyl (C=O) groups excluding carboxylic acids is 1. The molecule has 22 heavy (non-hydrogen) atoms. The Morgan fingerprint density at radius 3 is 2.95 bits per heavy atom. The summed E-state index contributed by atoms with van der Waals surface area (Å²) in [5.74, 6) is -0.273. The number of rotatable bonds is 4. The molecule has 0 radical (unpaired) electrons. The molecule has 3 rings (SSSR count). The third-order valence-corrected chi connectivity index (χ3v) is 4.00. The number of hydrogen-bond acceptors (Lipinski definition) is 4. The van der Waals surface area contributed by atoms with Crippen LogP contribution < -0.4 is 5.43 Å². The van der Waals surface area contributed by atoms with E-state index < -0.39 is 11.2 Å². The number of ketones is 1. The summed E-state index contributed by atoms with van der Waals surface area (Å²) >= 11 is 0. The molecule has 1 unspecified atom stereocenters. The van der Waals surface area contributed by atoms with Gasteiger partial charge in [0, 0.05) is 25.7 Å². The summed E-state index contributed by atoms with van der Waals surface area (Å²) in [4.78, 5) is 24.2. The van der Waals surface area contributed by atoms with Gasteiger partial charge in [-0.15, -0.1) is 0 Å². The summed E-state index contributed by atoms with van der Waals surface area (Å²) in [5, 5.41) is 0.150. The van der Waals surface area contributed by atoms with Crippen molar-refractivity contribution in [3.8, 4) is 0 Å². The molecule has 1 aromatic carbocycles. The molecule has 0 amide bonds. The van der Waals surface area contributed by atoms with Crippen LogP contribution in [0.25, 0.3) is 11.0 Å². The average molecular weight is 304 g/mol. The SMILES string of the molecule is O=C(CCC1CCCOC1)c1cc(=O)c2cc(F)ccc2o1. The summed E-state index contributed by atoms with van der Waals surface area (Å²) < 4.78 is 24.0. The molecule has 1 atom stereocenters. The third-order valence-electron chi connectivity index (χ3n) is 4.00. The number of Topliss-reactive ketones (excluding diaryl/α,β-unsaturated/α-hetero) is 1. The van der Waals surface area contributed by atoms with Crippen molar-refractivity contribution in [2.75, 3.05) is 13.2 Å². The van der Waals surface area contributed by atoms with Gasteiger partial charge in [0.15, 0.2) is 17.0 Å². The number of hydrogen-bond donors (Lipinski definition) is 0. The smallest absolute Gasteiger partial charge is 0.198 e. The van der Waals surface area contributed by atoms with Gasteiger partial charge in [0.05, 0.1) is 5.39 Å².